The van der Waals surface area contributed by atoms with Gasteiger partial charge in [-0.05, 0) is 30.7 Å². The Hall–Kier alpha value is -3.28. The topological polar surface area (TPSA) is 75.7 Å². The number of hydrogen-bond donors (Lipinski definition) is 2. The lowest BCUT2D eigenvalue weighted by Crippen LogP contribution is -2.21. The van der Waals surface area contributed by atoms with Crippen LogP contribution in [-0.2, 0) is 11.2 Å². The molecule has 1 amide bonds. The second kappa shape index (κ2) is 7.74. The molecule has 0 saturated carbocycles. The average molecular weight is 351 g/mol. The summed E-state index contributed by atoms with van der Waals surface area (Å²) in [6.45, 7) is 1.82. The summed E-state index contributed by atoms with van der Waals surface area (Å²) in [5.74, 6) is 1.15. The number of nitrogens with one attached hydrogen (secondary N) is 2. The highest BCUT2D eigenvalue weighted by Crippen LogP contribution is 2.25. The van der Waals surface area contributed by atoms with Gasteiger partial charge in [-0.1, -0.05) is 18.2 Å². The van der Waals surface area contributed by atoms with E-state index in [1.54, 1.807) is 20.3 Å². The number of hydrogen-bond acceptors (Lipinski definition) is 4. The third-order valence-corrected chi connectivity index (χ3v) is 4.17. The summed E-state index contributed by atoms with van der Waals surface area (Å²) in [6.07, 6.45) is 2.11. The van der Waals surface area contributed by atoms with Crippen molar-refractivity contribution in [2.24, 2.45) is 5.10 Å². The monoisotopic (exact) mass is 351 g/mol. The number of carbonyl (C=O) groups excluding carboxylic acids is 1. The molecule has 1 heterocycles. The first-order valence-corrected chi connectivity index (χ1v) is 8.23. The van der Waals surface area contributed by atoms with Gasteiger partial charge in [0.05, 0.1) is 26.4 Å². The molecule has 3 rings (SSSR count). The van der Waals surface area contributed by atoms with Gasteiger partial charge >= 0.3 is 0 Å². The molecule has 26 heavy (non-hydrogen) atoms. The van der Waals surface area contributed by atoms with Crippen molar-refractivity contribution in [3.63, 3.8) is 0 Å². The first-order chi connectivity index (χ1) is 12.6. The Morgan fingerprint density at radius 2 is 1.96 bits per heavy atom. The molecule has 0 fully saturated rings. The Balaban J connectivity index is 1.71. The van der Waals surface area contributed by atoms with Crippen molar-refractivity contribution in [3.8, 4) is 11.5 Å². The van der Waals surface area contributed by atoms with E-state index in [2.05, 4.69) is 15.5 Å². The molecule has 6 nitrogen and oxygen atoms in total. The summed E-state index contributed by atoms with van der Waals surface area (Å²) in [4.78, 5) is 15.4. The lowest BCUT2D eigenvalue weighted by Gasteiger charge is -2.10. The third kappa shape index (κ3) is 3.69. The standard InChI is InChI=1S/C20H21N3O3/c1-13(16-9-8-15(25-2)11-19(16)26-3)22-23-20(24)10-14-12-21-18-7-5-4-6-17(14)18/h4-9,11-12,21H,10H2,1-3H3,(H,23,24)/b22-13+. The van der Waals surface area contributed by atoms with Crippen LogP contribution in [0.2, 0.25) is 0 Å². The van der Waals surface area contributed by atoms with Gasteiger partial charge in [0.1, 0.15) is 11.5 Å². The van der Waals surface area contributed by atoms with Gasteiger partial charge in [-0.15, -0.1) is 0 Å². The quantitative estimate of drug-likeness (QED) is 0.529. The number of H-pyrrole nitrogens is 1. The summed E-state index contributed by atoms with van der Waals surface area (Å²) in [5.41, 5.74) is 6.00. The normalized spacial score (nSPS) is 11.4. The largest absolute Gasteiger partial charge is 0.497 e. The number of methoxy groups -OCH3 is 2. The van der Waals surface area contributed by atoms with Gasteiger partial charge in [-0.25, -0.2) is 5.43 Å². The average Bonchev–Trinajstić information content (AvgIpc) is 3.08. The van der Waals surface area contributed by atoms with E-state index in [0.717, 1.165) is 22.0 Å². The first kappa shape index (κ1) is 17.5. The number of benzene rings is 2. The number of rotatable bonds is 6. The van der Waals surface area contributed by atoms with Gasteiger partial charge in [0.25, 0.3) is 0 Å². The zero-order valence-corrected chi connectivity index (χ0v) is 15.0. The fraction of sp³-hybridized carbons (Fsp3) is 0.200. The number of fused-ring (bicyclic) bond motifs is 1. The fourth-order valence-electron chi connectivity index (χ4n) is 2.79. The van der Waals surface area contributed by atoms with Crippen molar-refractivity contribution >= 4 is 22.5 Å². The van der Waals surface area contributed by atoms with E-state index in [1.165, 1.54) is 0 Å². The number of ether oxygens (including phenoxy) is 2. The zero-order chi connectivity index (χ0) is 18.5. The molecule has 0 aliphatic rings. The number of carbonyl (C=O) groups is 1. The number of hydrazone groups is 1. The van der Waals surface area contributed by atoms with Crippen LogP contribution in [0.15, 0.2) is 53.8 Å². The molecular formula is C20H21N3O3. The molecule has 0 atom stereocenters. The van der Waals surface area contributed by atoms with Crippen LogP contribution in [0.5, 0.6) is 11.5 Å². The van der Waals surface area contributed by atoms with Crippen LogP contribution in [0.3, 0.4) is 0 Å². The van der Waals surface area contributed by atoms with Gasteiger partial charge in [0, 0.05) is 28.7 Å². The van der Waals surface area contributed by atoms with E-state index in [9.17, 15) is 4.79 Å². The van der Waals surface area contributed by atoms with E-state index < -0.39 is 0 Å². The Kier molecular flexibility index (Phi) is 5.22. The molecule has 0 aliphatic carbocycles. The zero-order valence-electron chi connectivity index (χ0n) is 15.0. The number of nitrogens with zero attached hydrogens (tertiary/aromatic N) is 1. The van der Waals surface area contributed by atoms with E-state index in [4.69, 9.17) is 9.47 Å². The third-order valence-electron chi connectivity index (χ3n) is 4.17. The summed E-state index contributed by atoms with van der Waals surface area (Å²) in [6, 6.07) is 13.3. The maximum absolute atomic E-state index is 12.3. The van der Waals surface area contributed by atoms with Crippen molar-refractivity contribution in [2.75, 3.05) is 14.2 Å². The van der Waals surface area contributed by atoms with Crippen molar-refractivity contribution in [1.29, 1.82) is 0 Å². The number of aromatic amines is 1. The number of aromatic nitrogens is 1. The molecule has 6 heteroatoms. The highest BCUT2D eigenvalue weighted by Gasteiger charge is 2.10. The highest BCUT2D eigenvalue weighted by atomic mass is 16.5. The van der Waals surface area contributed by atoms with Crippen molar-refractivity contribution in [1.82, 2.24) is 10.4 Å². The van der Waals surface area contributed by atoms with Gasteiger partial charge in [-0.3, -0.25) is 4.79 Å². The molecule has 0 spiro atoms. The fourth-order valence-corrected chi connectivity index (χ4v) is 2.79. The van der Waals surface area contributed by atoms with Gasteiger partial charge < -0.3 is 14.5 Å². The smallest absolute Gasteiger partial charge is 0.244 e. The molecule has 134 valence electrons. The minimum atomic E-state index is -0.179. The number of amides is 1. The summed E-state index contributed by atoms with van der Waals surface area (Å²) in [7, 11) is 3.18. The highest BCUT2D eigenvalue weighted by molar-refractivity contribution is 6.02. The summed E-state index contributed by atoms with van der Waals surface area (Å²) < 4.78 is 10.6. The van der Waals surface area contributed by atoms with Crippen molar-refractivity contribution in [3.05, 3.63) is 59.8 Å². The van der Waals surface area contributed by atoms with E-state index in [0.29, 0.717) is 17.2 Å². The van der Waals surface area contributed by atoms with Crippen LogP contribution >= 0.6 is 0 Å². The molecule has 0 unspecified atom stereocenters. The molecule has 0 bridgehead atoms. The van der Waals surface area contributed by atoms with Crippen LogP contribution in [0.1, 0.15) is 18.1 Å². The minimum Gasteiger partial charge on any atom is -0.497 e. The van der Waals surface area contributed by atoms with Gasteiger partial charge in [0.2, 0.25) is 5.91 Å². The van der Waals surface area contributed by atoms with Gasteiger partial charge in [0.15, 0.2) is 0 Å². The van der Waals surface area contributed by atoms with E-state index >= 15 is 0 Å². The van der Waals surface area contributed by atoms with Crippen LogP contribution in [0.25, 0.3) is 10.9 Å². The predicted octanol–water partition coefficient (Wildman–Crippen LogP) is 3.27. The first-order valence-electron chi connectivity index (χ1n) is 8.23. The van der Waals surface area contributed by atoms with Gasteiger partial charge in [-0.2, -0.15) is 5.10 Å². The SMILES string of the molecule is COc1ccc(/C(C)=N/NC(=O)Cc2c[nH]c3ccccc23)c(OC)c1. The molecule has 2 aromatic carbocycles. The lowest BCUT2D eigenvalue weighted by atomic mass is 10.1. The Bertz CT molecular complexity index is 960. The molecular weight excluding hydrogens is 330 g/mol. The predicted molar refractivity (Wildman–Crippen MR) is 102 cm³/mol. The maximum atomic E-state index is 12.3. The molecule has 0 radical (unpaired) electrons. The second-order valence-electron chi connectivity index (χ2n) is 5.83. The second-order valence-corrected chi connectivity index (χ2v) is 5.83. The minimum absolute atomic E-state index is 0.179. The molecule has 0 saturated heterocycles. The Labute approximate surface area is 151 Å². The summed E-state index contributed by atoms with van der Waals surface area (Å²) in [5, 5.41) is 5.25. The van der Waals surface area contributed by atoms with E-state index in [-0.39, 0.29) is 12.3 Å². The van der Waals surface area contributed by atoms with Crippen LogP contribution in [-0.4, -0.2) is 30.8 Å². The van der Waals surface area contributed by atoms with Crippen molar-refractivity contribution < 1.29 is 14.3 Å². The summed E-state index contributed by atoms with van der Waals surface area (Å²) >= 11 is 0. The molecule has 0 aliphatic heterocycles. The molecule has 3 aromatic rings. The van der Waals surface area contributed by atoms with Crippen LogP contribution in [0, 0.1) is 0 Å². The molecule has 1 aromatic heterocycles. The number of para-hydroxylation sites is 1. The maximum Gasteiger partial charge on any atom is 0.244 e. The lowest BCUT2D eigenvalue weighted by molar-refractivity contribution is -0.120. The Morgan fingerprint density at radius 3 is 2.73 bits per heavy atom. The van der Waals surface area contributed by atoms with Crippen LogP contribution < -0.4 is 14.9 Å². The van der Waals surface area contributed by atoms with Crippen molar-refractivity contribution in [2.45, 2.75) is 13.3 Å². The molecule has 2 N–H and O–H groups in total. The van der Waals surface area contributed by atoms with E-state index in [1.807, 2.05) is 49.5 Å². The Morgan fingerprint density at radius 1 is 1.15 bits per heavy atom. The van der Waals surface area contributed by atoms with Crippen LogP contribution in [0.4, 0.5) is 0 Å².